The second-order valence-corrected chi connectivity index (χ2v) is 9.59. The van der Waals surface area contributed by atoms with E-state index in [-0.39, 0.29) is 11.8 Å². The maximum Gasteiger partial charge on any atom is 0.262 e. The summed E-state index contributed by atoms with van der Waals surface area (Å²) in [6.45, 7) is 7.98. The zero-order valence-electron chi connectivity index (χ0n) is 19.3. The number of unbranched alkanes of at least 4 members (excludes halogenated alkanes) is 2. The summed E-state index contributed by atoms with van der Waals surface area (Å²) in [7, 11) is 0. The fraction of sp³-hybridized carbons (Fsp3) is 0.385. The SMILES string of the molecule is CCCCN(CCCC)CCNC(=O)c1ccc2c(c1)NC(=O)/C(=C\c1ccccc1Cl)S2. The first-order valence-electron chi connectivity index (χ1n) is 11.6. The van der Waals surface area contributed by atoms with E-state index in [0.29, 0.717) is 27.7 Å². The number of hydrogen-bond donors (Lipinski definition) is 2. The summed E-state index contributed by atoms with van der Waals surface area (Å²) in [5, 5.41) is 6.52. The van der Waals surface area contributed by atoms with Crippen molar-refractivity contribution in [2.45, 2.75) is 44.4 Å². The van der Waals surface area contributed by atoms with Gasteiger partial charge in [-0.2, -0.15) is 0 Å². The lowest BCUT2D eigenvalue weighted by molar-refractivity contribution is -0.112. The molecular weight excluding hydrogens is 454 g/mol. The number of thioether (sulfide) groups is 1. The molecule has 1 aliphatic rings. The van der Waals surface area contributed by atoms with Crippen LogP contribution in [0.3, 0.4) is 0 Å². The molecule has 176 valence electrons. The van der Waals surface area contributed by atoms with Crippen molar-refractivity contribution < 1.29 is 9.59 Å². The summed E-state index contributed by atoms with van der Waals surface area (Å²) in [4.78, 5) is 29.2. The number of nitrogens with one attached hydrogen (secondary N) is 2. The maximum absolute atomic E-state index is 12.7. The summed E-state index contributed by atoms with van der Waals surface area (Å²) in [5.74, 6) is -0.326. The van der Waals surface area contributed by atoms with E-state index in [1.54, 1.807) is 24.3 Å². The number of nitrogens with zero attached hydrogens (tertiary/aromatic N) is 1. The number of rotatable bonds is 11. The quantitative estimate of drug-likeness (QED) is 0.380. The van der Waals surface area contributed by atoms with Gasteiger partial charge in [-0.15, -0.1) is 0 Å². The molecule has 5 nitrogen and oxygen atoms in total. The van der Waals surface area contributed by atoms with Crippen LogP contribution in [0.1, 0.15) is 55.5 Å². The molecule has 1 heterocycles. The molecule has 0 atom stereocenters. The van der Waals surface area contributed by atoms with Crippen molar-refractivity contribution in [1.29, 1.82) is 0 Å². The van der Waals surface area contributed by atoms with Gasteiger partial charge in [0.25, 0.3) is 11.8 Å². The normalized spacial score (nSPS) is 14.3. The van der Waals surface area contributed by atoms with Gasteiger partial charge in [0.1, 0.15) is 0 Å². The van der Waals surface area contributed by atoms with Crippen LogP contribution >= 0.6 is 23.4 Å². The summed E-state index contributed by atoms with van der Waals surface area (Å²) in [6.07, 6.45) is 6.47. The molecule has 3 rings (SSSR count). The van der Waals surface area contributed by atoms with Gasteiger partial charge in [-0.3, -0.25) is 9.59 Å². The monoisotopic (exact) mass is 485 g/mol. The van der Waals surface area contributed by atoms with Crippen LogP contribution in [0.4, 0.5) is 5.69 Å². The van der Waals surface area contributed by atoms with Gasteiger partial charge >= 0.3 is 0 Å². The number of carbonyl (C=O) groups excluding carboxylic acids is 2. The Hall–Kier alpha value is -2.28. The Morgan fingerprint density at radius 1 is 1.09 bits per heavy atom. The molecule has 0 unspecified atom stereocenters. The summed E-state index contributed by atoms with van der Waals surface area (Å²) >= 11 is 7.60. The molecule has 0 saturated carbocycles. The number of benzene rings is 2. The molecule has 1 aliphatic heterocycles. The third-order valence-corrected chi connectivity index (χ3v) is 6.94. The highest BCUT2D eigenvalue weighted by Gasteiger charge is 2.22. The first-order chi connectivity index (χ1) is 16.0. The highest BCUT2D eigenvalue weighted by Crippen LogP contribution is 2.39. The number of amides is 2. The average molecular weight is 486 g/mol. The molecular formula is C26H32ClN3O2S. The van der Waals surface area contributed by atoms with E-state index in [2.05, 4.69) is 29.4 Å². The summed E-state index contributed by atoms with van der Waals surface area (Å²) in [5.41, 5.74) is 1.99. The van der Waals surface area contributed by atoms with E-state index in [0.717, 1.165) is 30.1 Å². The highest BCUT2D eigenvalue weighted by molar-refractivity contribution is 8.04. The van der Waals surface area contributed by atoms with Gasteiger partial charge in [0, 0.05) is 28.6 Å². The molecule has 0 fully saturated rings. The Bertz CT molecular complexity index is 1000. The minimum absolute atomic E-state index is 0.125. The third-order valence-electron chi connectivity index (χ3n) is 5.49. The van der Waals surface area contributed by atoms with Crippen molar-refractivity contribution in [3.8, 4) is 0 Å². The Labute approximate surface area is 206 Å². The molecule has 33 heavy (non-hydrogen) atoms. The smallest absolute Gasteiger partial charge is 0.262 e. The molecule has 0 aliphatic carbocycles. The second kappa shape index (κ2) is 12.8. The minimum Gasteiger partial charge on any atom is -0.351 e. The van der Waals surface area contributed by atoms with Gasteiger partial charge in [0.15, 0.2) is 0 Å². The Kier molecular flexibility index (Phi) is 9.85. The van der Waals surface area contributed by atoms with Crippen molar-refractivity contribution in [1.82, 2.24) is 10.2 Å². The van der Waals surface area contributed by atoms with Crippen molar-refractivity contribution in [2.24, 2.45) is 0 Å². The van der Waals surface area contributed by atoms with Crippen molar-refractivity contribution in [3.63, 3.8) is 0 Å². The molecule has 2 N–H and O–H groups in total. The van der Waals surface area contributed by atoms with Gasteiger partial charge in [-0.25, -0.2) is 0 Å². The van der Waals surface area contributed by atoms with E-state index < -0.39 is 0 Å². The molecule has 0 bridgehead atoms. The van der Waals surface area contributed by atoms with Crippen LogP contribution in [-0.2, 0) is 4.79 Å². The lowest BCUT2D eigenvalue weighted by Crippen LogP contribution is -2.36. The lowest BCUT2D eigenvalue weighted by atomic mass is 10.1. The number of fused-ring (bicyclic) bond motifs is 1. The fourth-order valence-electron chi connectivity index (χ4n) is 3.56. The van der Waals surface area contributed by atoms with Crippen LogP contribution in [0.2, 0.25) is 5.02 Å². The van der Waals surface area contributed by atoms with Gasteiger partial charge in [-0.1, -0.05) is 68.3 Å². The van der Waals surface area contributed by atoms with Crippen molar-refractivity contribution >= 4 is 46.9 Å². The molecule has 2 aromatic carbocycles. The van der Waals surface area contributed by atoms with E-state index >= 15 is 0 Å². The zero-order chi connectivity index (χ0) is 23.6. The molecule has 0 spiro atoms. The van der Waals surface area contributed by atoms with Crippen molar-refractivity contribution in [2.75, 3.05) is 31.5 Å². The van der Waals surface area contributed by atoms with Gasteiger partial charge < -0.3 is 15.5 Å². The first-order valence-corrected chi connectivity index (χ1v) is 12.8. The maximum atomic E-state index is 12.7. The van der Waals surface area contributed by atoms with Crippen LogP contribution in [-0.4, -0.2) is 42.9 Å². The predicted molar refractivity (Wildman–Crippen MR) is 139 cm³/mol. The Balaban J connectivity index is 1.61. The van der Waals surface area contributed by atoms with Crippen LogP contribution in [0, 0.1) is 0 Å². The van der Waals surface area contributed by atoms with Crippen molar-refractivity contribution in [3.05, 3.63) is 63.5 Å². The van der Waals surface area contributed by atoms with E-state index in [9.17, 15) is 9.59 Å². The molecule has 0 aromatic heterocycles. The lowest BCUT2D eigenvalue weighted by Gasteiger charge is -2.22. The van der Waals surface area contributed by atoms with E-state index in [1.165, 1.54) is 37.4 Å². The van der Waals surface area contributed by atoms with E-state index in [1.807, 2.05) is 24.3 Å². The Morgan fingerprint density at radius 2 is 1.82 bits per heavy atom. The fourth-order valence-corrected chi connectivity index (χ4v) is 4.68. The minimum atomic E-state index is -0.201. The predicted octanol–water partition coefficient (Wildman–Crippen LogP) is 6.06. The van der Waals surface area contributed by atoms with E-state index in [4.69, 9.17) is 11.6 Å². The van der Waals surface area contributed by atoms with Crippen LogP contribution < -0.4 is 10.6 Å². The molecule has 2 amide bonds. The van der Waals surface area contributed by atoms with Crippen LogP contribution in [0.15, 0.2) is 52.3 Å². The standard InChI is InChI=1S/C26H32ClN3O2S/c1-3-5-14-30(15-6-4-2)16-13-28-25(31)20-11-12-23-22(17-20)29-26(32)24(33-23)18-19-9-7-8-10-21(19)27/h7-12,17-18H,3-6,13-16H2,1-2H3,(H,28,31)(H,29,32)/b24-18+. The highest BCUT2D eigenvalue weighted by atomic mass is 35.5. The zero-order valence-corrected chi connectivity index (χ0v) is 20.9. The molecule has 0 saturated heterocycles. The first kappa shape index (κ1) is 25.3. The molecule has 0 radical (unpaired) electrons. The molecule has 2 aromatic rings. The molecule has 7 heteroatoms. The number of anilines is 1. The van der Waals surface area contributed by atoms with Crippen LogP contribution in [0.25, 0.3) is 6.08 Å². The average Bonchev–Trinajstić information content (AvgIpc) is 2.81. The number of hydrogen-bond acceptors (Lipinski definition) is 4. The number of carbonyl (C=O) groups is 2. The van der Waals surface area contributed by atoms with Gasteiger partial charge in [-0.05, 0) is 61.8 Å². The number of halogens is 1. The largest absolute Gasteiger partial charge is 0.351 e. The third kappa shape index (κ3) is 7.36. The summed E-state index contributed by atoms with van der Waals surface area (Å²) in [6, 6.07) is 12.8. The van der Waals surface area contributed by atoms with Crippen LogP contribution in [0.5, 0.6) is 0 Å². The second-order valence-electron chi connectivity index (χ2n) is 8.10. The topological polar surface area (TPSA) is 61.4 Å². The summed E-state index contributed by atoms with van der Waals surface area (Å²) < 4.78 is 0. The van der Waals surface area contributed by atoms with Gasteiger partial charge in [0.05, 0.1) is 10.6 Å². The van der Waals surface area contributed by atoms with Gasteiger partial charge in [0.2, 0.25) is 0 Å². The Morgan fingerprint density at radius 3 is 2.52 bits per heavy atom.